The molecule has 2 fully saturated rings. The molecular formula is C18H22N2O2S. The van der Waals surface area contributed by atoms with Gasteiger partial charge in [0.15, 0.2) is 0 Å². The molecule has 0 N–H and O–H groups in total. The summed E-state index contributed by atoms with van der Waals surface area (Å²) in [4.78, 5) is 28.6. The Balaban J connectivity index is 1.72. The molecule has 0 saturated carbocycles. The van der Waals surface area contributed by atoms with Crippen molar-refractivity contribution in [3.8, 4) is 0 Å². The van der Waals surface area contributed by atoms with Gasteiger partial charge in [-0.05, 0) is 60.8 Å². The summed E-state index contributed by atoms with van der Waals surface area (Å²) < 4.78 is 0. The van der Waals surface area contributed by atoms with Crippen LogP contribution in [0.4, 0.5) is 4.79 Å². The highest BCUT2D eigenvalue weighted by Crippen LogP contribution is 2.32. The van der Waals surface area contributed by atoms with Crippen LogP contribution >= 0.6 is 11.8 Å². The van der Waals surface area contributed by atoms with Gasteiger partial charge in [-0.15, -0.1) is 0 Å². The molecule has 0 radical (unpaired) electrons. The summed E-state index contributed by atoms with van der Waals surface area (Å²) in [6.07, 6.45) is 4.11. The average molecular weight is 330 g/mol. The van der Waals surface area contributed by atoms with Crippen LogP contribution in [-0.4, -0.2) is 40.7 Å². The summed E-state index contributed by atoms with van der Waals surface area (Å²) in [7, 11) is 0. The molecule has 2 amide bonds. The van der Waals surface area contributed by atoms with Crippen LogP contribution in [0.2, 0.25) is 0 Å². The lowest BCUT2D eigenvalue weighted by atomic mass is 10.0. The van der Waals surface area contributed by atoms with E-state index in [1.165, 1.54) is 10.5 Å². The summed E-state index contributed by atoms with van der Waals surface area (Å²) >= 11 is 1.04. The first-order chi connectivity index (χ1) is 11.0. The van der Waals surface area contributed by atoms with Gasteiger partial charge in [0.05, 0.1) is 11.6 Å². The van der Waals surface area contributed by atoms with Crippen LogP contribution in [0, 0.1) is 0 Å². The number of carbonyl (C=O) groups excluding carboxylic acids is 2. The van der Waals surface area contributed by atoms with Crippen molar-refractivity contribution in [2.45, 2.75) is 32.6 Å². The van der Waals surface area contributed by atoms with Crippen molar-refractivity contribution in [2.75, 3.05) is 19.8 Å². The molecule has 0 atom stereocenters. The maximum Gasteiger partial charge on any atom is 0.294 e. The number of amides is 2. The van der Waals surface area contributed by atoms with Gasteiger partial charge >= 0.3 is 0 Å². The lowest BCUT2D eigenvalue weighted by molar-refractivity contribution is -0.124. The Kier molecular flexibility index (Phi) is 4.87. The second-order valence-corrected chi connectivity index (χ2v) is 7.39. The van der Waals surface area contributed by atoms with Crippen molar-refractivity contribution in [1.29, 1.82) is 0 Å². The van der Waals surface area contributed by atoms with Crippen LogP contribution in [0.3, 0.4) is 0 Å². The molecule has 2 saturated heterocycles. The number of hydrogen-bond donors (Lipinski definition) is 0. The molecule has 0 aromatic heterocycles. The fraction of sp³-hybridized carbons (Fsp3) is 0.444. The molecule has 0 aliphatic carbocycles. The monoisotopic (exact) mass is 330 g/mol. The van der Waals surface area contributed by atoms with Gasteiger partial charge < -0.3 is 0 Å². The van der Waals surface area contributed by atoms with E-state index in [2.05, 4.69) is 30.9 Å². The summed E-state index contributed by atoms with van der Waals surface area (Å²) in [5.74, 6) is 0.316. The minimum absolute atomic E-state index is 0.160. The van der Waals surface area contributed by atoms with Crippen molar-refractivity contribution in [3.05, 3.63) is 40.3 Å². The van der Waals surface area contributed by atoms with Gasteiger partial charge in [-0.1, -0.05) is 38.1 Å². The quantitative estimate of drug-likeness (QED) is 0.785. The molecule has 2 aliphatic rings. The molecule has 0 bridgehead atoms. The van der Waals surface area contributed by atoms with Gasteiger partial charge in [-0.3, -0.25) is 19.4 Å². The maximum atomic E-state index is 12.5. The molecular weight excluding hydrogens is 308 g/mol. The number of rotatable bonds is 4. The molecule has 0 spiro atoms. The highest BCUT2D eigenvalue weighted by molar-refractivity contribution is 8.18. The molecule has 0 unspecified atom stereocenters. The Bertz CT molecular complexity index is 631. The Morgan fingerprint density at radius 1 is 1.13 bits per heavy atom. The summed E-state index contributed by atoms with van der Waals surface area (Å²) in [5.41, 5.74) is 2.23. The zero-order chi connectivity index (χ0) is 16.4. The molecule has 23 heavy (non-hydrogen) atoms. The van der Waals surface area contributed by atoms with Crippen molar-refractivity contribution in [1.82, 2.24) is 9.80 Å². The van der Waals surface area contributed by atoms with Gasteiger partial charge in [0.25, 0.3) is 11.1 Å². The minimum atomic E-state index is -0.167. The molecule has 4 nitrogen and oxygen atoms in total. The largest absolute Gasteiger partial charge is 0.294 e. The molecule has 122 valence electrons. The Labute approximate surface area is 141 Å². The number of imide groups is 1. The first-order valence-corrected chi connectivity index (χ1v) is 8.94. The van der Waals surface area contributed by atoms with Crippen LogP contribution in [0.5, 0.6) is 0 Å². The molecule has 3 rings (SSSR count). The van der Waals surface area contributed by atoms with E-state index in [9.17, 15) is 9.59 Å². The van der Waals surface area contributed by atoms with Gasteiger partial charge in [-0.25, -0.2) is 0 Å². The highest BCUT2D eigenvalue weighted by Gasteiger charge is 2.36. The molecule has 2 heterocycles. The van der Waals surface area contributed by atoms with Crippen LogP contribution in [0.25, 0.3) is 6.08 Å². The lowest BCUT2D eigenvalue weighted by Crippen LogP contribution is -2.38. The smallest absolute Gasteiger partial charge is 0.286 e. The lowest BCUT2D eigenvalue weighted by Gasteiger charge is -2.20. The highest BCUT2D eigenvalue weighted by atomic mass is 32.2. The second kappa shape index (κ2) is 6.89. The zero-order valence-electron chi connectivity index (χ0n) is 13.6. The fourth-order valence-electron chi connectivity index (χ4n) is 2.87. The summed E-state index contributed by atoms with van der Waals surface area (Å²) in [6, 6.07) is 8.16. The van der Waals surface area contributed by atoms with Crippen LogP contribution < -0.4 is 0 Å². The van der Waals surface area contributed by atoms with Gasteiger partial charge in [0.2, 0.25) is 0 Å². The van der Waals surface area contributed by atoms with E-state index in [0.29, 0.717) is 17.5 Å². The number of benzene rings is 1. The SMILES string of the molecule is CC(C)c1ccc(/C=C2/SC(=O)N(CN3CCCC3)C2=O)cc1. The van der Waals surface area contributed by atoms with Crippen molar-refractivity contribution in [3.63, 3.8) is 0 Å². The van der Waals surface area contributed by atoms with Gasteiger partial charge in [0, 0.05) is 0 Å². The standard InChI is InChI=1S/C18H22N2O2S/c1-13(2)15-7-5-14(6-8-15)11-16-17(21)20(18(22)23-16)12-19-9-3-4-10-19/h5-8,11,13H,3-4,9-10,12H2,1-2H3/b16-11+. The number of nitrogens with zero attached hydrogens (tertiary/aromatic N) is 2. The number of thioether (sulfide) groups is 1. The summed E-state index contributed by atoms with van der Waals surface area (Å²) in [6.45, 7) is 6.67. The Morgan fingerprint density at radius 2 is 1.78 bits per heavy atom. The predicted octanol–water partition coefficient (Wildman–Crippen LogP) is 3.90. The molecule has 5 heteroatoms. The number of carbonyl (C=O) groups is 2. The van der Waals surface area contributed by atoms with Crippen molar-refractivity contribution >= 4 is 29.0 Å². The zero-order valence-corrected chi connectivity index (χ0v) is 14.4. The number of hydrogen-bond acceptors (Lipinski definition) is 4. The number of likely N-dealkylation sites (tertiary alicyclic amines) is 1. The molecule has 2 aliphatic heterocycles. The molecule has 1 aromatic rings. The second-order valence-electron chi connectivity index (χ2n) is 6.40. The van der Waals surface area contributed by atoms with E-state index in [4.69, 9.17) is 0 Å². The van der Waals surface area contributed by atoms with E-state index in [1.54, 1.807) is 0 Å². The Hall–Kier alpha value is -1.59. The molecule has 1 aromatic carbocycles. The van der Waals surface area contributed by atoms with Crippen LogP contribution in [0.15, 0.2) is 29.2 Å². The van der Waals surface area contributed by atoms with Crippen LogP contribution in [-0.2, 0) is 4.79 Å². The van der Waals surface area contributed by atoms with E-state index in [0.717, 1.165) is 43.3 Å². The predicted molar refractivity (Wildman–Crippen MR) is 94.0 cm³/mol. The van der Waals surface area contributed by atoms with Crippen molar-refractivity contribution < 1.29 is 9.59 Å². The van der Waals surface area contributed by atoms with E-state index >= 15 is 0 Å². The van der Waals surface area contributed by atoms with Crippen LogP contribution in [0.1, 0.15) is 43.7 Å². The van der Waals surface area contributed by atoms with E-state index < -0.39 is 0 Å². The third-order valence-electron chi connectivity index (χ3n) is 4.31. The fourth-order valence-corrected chi connectivity index (χ4v) is 3.71. The first kappa shape index (κ1) is 16.3. The normalized spacial score (nSPS) is 21.2. The van der Waals surface area contributed by atoms with Gasteiger partial charge in [0.1, 0.15) is 0 Å². The average Bonchev–Trinajstić information content (AvgIpc) is 3.12. The van der Waals surface area contributed by atoms with E-state index in [-0.39, 0.29) is 11.1 Å². The topological polar surface area (TPSA) is 40.6 Å². The first-order valence-electron chi connectivity index (χ1n) is 8.12. The maximum absolute atomic E-state index is 12.5. The minimum Gasteiger partial charge on any atom is -0.286 e. The Morgan fingerprint density at radius 3 is 2.39 bits per heavy atom. The third-order valence-corrected chi connectivity index (χ3v) is 5.22. The summed E-state index contributed by atoms with van der Waals surface area (Å²) in [5, 5.41) is -0.160. The van der Waals surface area contributed by atoms with Gasteiger partial charge in [-0.2, -0.15) is 0 Å². The van der Waals surface area contributed by atoms with E-state index in [1.807, 2.05) is 18.2 Å². The van der Waals surface area contributed by atoms with Crippen molar-refractivity contribution in [2.24, 2.45) is 0 Å². The third kappa shape index (κ3) is 3.67.